The van der Waals surface area contributed by atoms with Gasteiger partial charge in [0.05, 0.1) is 12.1 Å². The predicted molar refractivity (Wildman–Crippen MR) is 140 cm³/mol. The van der Waals surface area contributed by atoms with E-state index in [1.54, 1.807) is 6.92 Å². The third-order valence-corrected chi connectivity index (χ3v) is 9.69. The van der Waals surface area contributed by atoms with Gasteiger partial charge in [0.1, 0.15) is 36.3 Å². The van der Waals surface area contributed by atoms with Crippen molar-refractivity contribution in [2.24, 2.45) is 5.16 Å². The topological polar surface area (TPSA) is 189 Å². The lowest BCUT2D eigenvalue weighted by molar-refractivity contribution is -0.148. The quantitative estimate of drug-likeness (QED) is 0.158. The molecule has 0 unspecified atom stereocenters. The number of aryl methyl sites for hydroxylation is 1. The highest BCUT2D eigenvalue weighted by molar-refractivity contribution is 8.01. The fourth-order valence-corrected chi connectivity index (χ4v) is 8.03. The molecule has 0 saturated carbocycles. The number of carboxylic acids is 2. The van der Waals surface area contributed by atoms with Crippen molar-refractivity contribution < 1.29 is 34.2 Å². The smallest absolute Gasteiger partial charge is 0.352 e. The maximum Gasteiger partial charge on any atom is 0.352 e. The number of amides is 2. The Hall–Kier alpha value is -3.15. The van der Waals surface area contributed by atoms with Crippen molar-refractivity contribution in [3.05, 3.63) is 27.2 Å². The van der Waals surface area contributed by atoms with Gasteiger partial charge in [0.25, 0.3) is 11.8 Å². The summed E-state index contributed by atoms with van der Waals surface area (Å²) in [7, 11) is 1.27. The average molecular weight is 585 g/mol. The zero-order valence-electron chi connectivity index (χ0n) is 19.3. The van der Waals surface area contributed by atoms with Gasteiger partial charge in [0.2, 0.25) is 0 Å². The Morgan fingerprint density at radius 1 is 1.38 bits per heavy atom. The van der Waals surface area contributed by atoms with Gasteiger partial charge >= 0.3 is 11.9 Å². The van der Waals surface area contributed by atoms with Crippen molar-refractivity contribution in [2.45, 2.75) is 29.1 Å². The zero-order valence-corrected chi connectivity index (χ0v) is 22.6. The minimum atomic E-state index is -1.26. The molecule has 13 nitrogen and oxygen atoms in total. The van der Waals surface area contributed by atoms with Crippen LogP contribution >= 0.6 is 46.2 Å². The molecule has 2 amide bonds. The highest BCUT2D eigenvalue weighted by atomic mass is 32.2. The van der Waals surface area contributed by atoms with E-state index < -0.39 is 35.2 Å². The van der Waals surface area contributed by atoms with E-state index in [1.165, 1.54) is 52.3 Å². The molecule has 0 aromatic carbocycles. The summed E-state index contributed by atoms with van der Waals surface area (Å²) >= 11 is 4.95. The minimum Gasteiger partial charge on any atom is -0.481 e. The number of oxime groups is 1. The van der Waals surface area contributed by atoms with Gasteiger partial charge in [-0.25, -0.2) is 14.8 Å². The fraction of sp³-hybridized carbons (Fsp3) is 0.350. The van der Waals surface area contributed by atoms with Crippen LogP contribution in [0.2, 0.25) is 0 Å². The van der Waals surface area contributed by atoms with Crippen LogP contribution in [0, 0.1) is 6.92 Å². The molecule has 0 radical (unpaired) electrons. The van der Waals surface area contributed by atoms with Crippen molar-refractivity contribution in [3.8, 4) is 0 Å². The second-order valence-corrected chi connectivity index (χ2v) is 11.9. The van der Waals surface area contributed by atoms with Gasteiger partial charge in [-0.3, -0.25) is 24.2 Å². The third kappa shape index (κ3) is 5.43. The number of carboxylic acid groups (broad SMARTS) is 2. The van der Waals surface area contributed by atoms with Crippen LogP contribution in [0.3, 0.4) is 0 Å². The lowest BCUT2D eigenvalue weighted by Crippen LogP contribution is -2.72. The van der Waals surface area contributed by atoms with Crippen LogP contribution in [0.4, 0.5) is 10.9 Å². The van der Waals surface area contributed by atoms with E-state index in [0.29, 0.717) is 26.2 Å². The van der Waals surface area contributed by atoms with Crippen LogP contribution in [0.15, 0.2) is 26.1 Å². The zero-order chi connectivity index (χ0) is 26.9. The number of nitrogen functional groups attached to an aromatic ring is 1. The number of aromatic nitrogens is 2. The summed E-state index contributed by atoms with van der Waals surface area (Å²) in [6.45, 7) is 1.72. The average Bonchev–Trinajstić information content (AvgIpc) is 3.42. The standard InChI is InChI=1S/C20H20N6O7S4/c1-8-10(3-13(28)29)37-20(23-8)36-6-9-5-34-17-15(16(30)26(17)14(9)18(31)32)25(12(27)4-22-33-2)11-7-35-19(21)24-11/h4,7,15,17H,3,5-6H2,1-2H3,(H2,21,24)(H,28,29)(H,31,32)/t15-,17-/m1/s1. The number of rotatable bonds is 10. The van der Waals surface area contributed by atoms with Crippen LogP contribution in [0.1, 0.15) is 10.6 Å². The summed E-state index contributed by atoms with van der Waals surface area (Å²) in [5, 5.41) is 23.6. The molecule has 2 aliphatic heterocycles. The molecule has 4 N–H and O–H groups in total. The molecular weight excluding hydrogens is 565 g/mol. The summed E-state index contributed by atoms with van der Waals surface area (Å²) in [6.07, 6.45) is 0.771. The van der Waals surface area contributed by atoms with E-state index in [9.17, 15) is 24.3 Å². The minimum absolute atomic E-state index is 0.132. The number of thioether (sulfide) groups is 2. The van der Waals surface area contributed by atoms with Crippen molar-refractivity contribution in [2.75, 3.05) is 29.2 Å². The Morgan fingerprint density at radius 2 is 2.14 bits per heavy atom. The highest BCUT2D eigenvalue weighted by Gasteiger charge is 2.57. The van der Waals surface area contributed by atoms with Crippen LogP contribution in [0.5, 0.6) is 0 Å². The van der Waals surface area contributed by atoms with E-state index in [1.807, 2.05) is 0 Å². The summed E-state index contributed by atoms with van der Waals surface area (Å²) < 4.78 is 0.612. The van der Waals surface area contributed by atoms with Gasteiger partial charge < -0.3 is 20.8 Å². The monoisotopic (exact) mass is 584 g/mol. The number of carbonyl (C=O) groups excluding carboxylic acids is 2. The SMILES string of the molecule is CON=CC(=O)N(c1csc(N)n1)[C@@H]1C(=O)N2C(C(=O)O)=C(CSc3nc(C)c(CC(=O)O)s3)CS[C@H]12. The number of aliphatic carboxylic acids is 2. The first-order chi connectivity index (χ1) is 17.6. The lowest BCUT2D eigenvalue weighted by Gasteiger charge is -2.52. The van der Waals surface area contributed by atoms with Crippen LogP contribution in [0.25, 0.3) is 0 Å². The molecule has 0 aliphatic carbocycles. The van der Waals surface area contributed by atoms with Gasteiger partial charge in [-0.15, -0.1) is 34.4 Å². The number of nitrogens with zero attached hydrogens (tertiary/aromatic N) is 5. The number of anilines is 2. The number of thiazole rings is 2. The van der Waals surface area contributed by atoms with E-state index in [4.69, 9.17) is 10.8 Å². The van der Waals surface area contributed by atoms with Crippen LogP contribution < -0.4 is 10.6 Å². The Balaban J connectivity index is 1.57. The second kappa shape index (κ2) is 11.1. The predicted octanol–water partition coefficient (Wildman–Crippen LogP) is 1.50. The fourth-order valence-electron chi connectivity index (χ4n) is 3.73. The Labute approximate surface area is 226 Å². The number of fused-ring (bicyclic) bond motifs is 1. The maximum absolute atomic E-state index is 13.3. The van der Waals surface area contributed by atoms with Gasteiger partial charge in [-0.2, -0.15) is 0 Å². The summed E-state index contributed by atoms with van der Waals surface area (Å²) in [4.78, 5) is 65.5. The number of hydrogen-bond donors (Lipinski definition) is 3. The Morgan fingerprint density at radius 3 is 2.76 bits per heavy atom. The van der Waals surface area contributed by atoms with Crippen LogP contribution in [-0.2, 0) is 30.4 Å². The van der Waals surface area contributed by atoms with E-state index in [-0.39, 0.29) is 28.8 Å². The Bertz CT molecular complexity index is 1320. The molecule has 2 atom stereocenters. The molecule has 1 saturated heterocycles. The number of nitrogens with two attached hydrogens (primary N) is 1. The summed E-state index contributed by atoms with van der Waals surface area (Å²) in [5.41, 5.74) is 6.74. The number of hydrogen-bond acceptors (Lipinski definition) is 13. The van der Waals surface area contributed by atoms with Gasteiger partial charge in [-0.1, -0.05) is 16.9 Å². The van der Waals surface area contributed by atoms with Gasteiger partial charge in [0.15, 0.2) is 9.47 Å². The molecule has 0 spiro atoms. The maximum atomic E-state index is 13.3. The molecule has 196 valence electrons. The number of β-lactam (4-membered cyclic amide) rings is 1. The Kier molecular flexibility index (Phi) is 8.05. The molecule has 0 bridgehead atoms. The first-order valence-electron chi connectivity index (χ1n) is 10.4. The molecule has 37 heavy (non-hydrogen) atoms. The van der Waals surface area contributed by atoms with Gasteiger partial charge in [0, 0.05) is 21.8 Å². The van der Waals surface area contributed by atoms with E-state index in [2.05, 4.69) is 20.0 Å². The largest absolute Gasteiger partial charge is 0.481 e. The van der Waals surface area contributed by atoms with Crippen molar-refractivity contribution in [3.63, 3.8) is 0 Å². The second-order valence-electron chi connectivity index (χ2n) is 7.63. The molecule has 2 aromatic rings. The van der Waals surface area contributed by atoms with Crippen molar-refractivity contribution in [1.29, 1.82) is 0 Å². The molecular formula is C20H20N6O7S4. The molecule has 4 heterocycles. The van der Waals surface area contributed by atoms with E-state index >= 15 is 0 Å². The molecule has 2 aliphatic rings. The molecule has 17 heteroatoms. The van der Waals surface area contributed by atoms with Crippen molar-refractivity contribution in [1.82, 2.24) is 14.9 Å². The number of carbonyl (C=O) groups is 4. The molecule has 4 rings (SSSR count). The van der Waals surface area contributed by atoms with Crippen molar-refractivity contribution >= 4 is 87.1 Å². The van der Waals surface area contributed by atoms with Crippen LogP contribution in [-0.4, -0.2) is 85.1 Å². The van der Waals surface area contributed by atoms with E-state index in [0.717, 1.165) is 22.5 Å². The molecule has 2 aromatic heterocycles. The lowest BCUT2D eigenvalue weighted by atomic mass is 10.0. The normalized spacial score (nSPS) is 19.1. The first-order valence-corrected chi connectivity index (χ1v) is 14.2. The summed E-state index contributed by atoms with van der Waals surface area (Å²) in [5.74, 6) is -2.74. The summed E-state index contributed by atoms with van der Waals surface area (Å²) in [6, 6.07) is -1.01. The highest BCUT2D eigenvalue weighted by Crippen LogP contribution is 2.45. The van der Waals surface area contributed by atoms with Gasteiger partial charge in [-0.05, 0) is 12.5 Å². The first kappa shape index (κ1) is 26.9. The molecule has 1 fully saturated rings. The third-order valence-electron chi connectivity index (χ3n) is 5.32.